The van der Waals surface area contributed by atoms with Gasteiger partial charge in [-0.05, 0) is 59.6 Å². The van der Waals surface area contributed by atoms with Gasteiger partial charge in [-0.1, -0.05) is 24.0 Å². The van der Waals surface area contributed by atoms with Gasteiger partial charge in [-0.25, -0.2) is 9.78 Å². The average Bonchev–Trinajstić information content (AvgIpc) is 3.44. The van der Waals surface area contributed by atoms with Crippen LogP contribution >= 0.6 is 0 Å². The fourth-order valence-electron chi connectivity index (χ4n) is 2.43. The molecule has 2 atom stereocenters. The van der Waals surface area contributed by atoms with Gasteiger partial charge >= 0.3 is 5.97 Å². The normalized spacial score (nSPS) is 17.5. The number of hydrogen-bond donors (Lipinski definition) is 1. The van der Waals surface area contributed by atoms with Crippen molar-refractivity contribution in [3.8, 4) is 34.8 Å². The molecule has 25 heavy (non-hydrogen) atoms. The van der Waals surface area contributed by atoms with Gasteiger partial charge in [0, 0.05) is 24.3 Å². The lowest BCUT2D eigenvalue weighted by Crippen LogP contribution is -2.03. The van der Waals surface area contributed by atoms with Crippen molar-refractivity contribution in [3.63, 3.8) is 0 Å². The van der Waals surface area contributed by atoms with E-state index in [2.05, 4.69) is 33.4 Å². The summed E-state index contributed by atoms with van der Waals surface area (Å²) in [5.74, 6) is 11.9. The number of hydrogen-bond acceptors (Lipinski definition) is 4. The number of ether oxygens (including phenoxy) is 1. The summed E-state index contributed by atoms with van der Waals surface area (Å²) in [5, 5.41) is 8.96. The standard InChI is InChI=1S/C21H17NO3/c1-25-21(24)20-13-18(10-11-22-20)16-8-6-15(7-9-16)4-2-3-5-17-12-19(17)14-23/h6-11,13,17,19,23H,12,14H2,1H3/t17?,19-/m0/s1. The molecule has 124 valence electrons. The molecule has 1 fully saturated rings. The fourth-order valence-corrected chi connectivity index (χ4v) is 2.43. The predicted octanol–water partition coefficient (Wildman–Crippen LogP) is 2.52. The number of pyridine rings is 1. The molecule has 0 spiro atoms. The molecule has 1 aliphatic rings. The Morgan fingerprint density at radius 3 is 2.72 bits per heavy atom. The SMILES string of the molecule is COC(=O)c1cc(-c2ccc(C#CC#CC3C[C@H]3CO)cc2)ccn1. The Labute approximate surface area is 146 Å². The highest BCUT2D eigenvalue weighted by Gasteiger charge is 2.34. The van der Waals surface area contributed by atoms with Crippen LogP contribution in [0, 0.1) is 35.5 Å². The zero-order chi connectivity index (χ0) is 17.6. The van der Waals surface area contributed by atoms with Gasteiger partial charge in [-0.15, -0.1) is 0 Å². The molecule has 0 amide bonds. The molecule has 4 heteroatoms. The first kappa shape index (κ1) is 16.8. The Balaban J connectivity index is 1.70. The van der Waals surface area contributed by atoms with Crippen LogP contribution in [0.4, 0.5) is 0 Å². The van der Waals surface area contributed by atoms with Crippen LogP contribution < -0.4 is 0 Å². The third-order valence-electron chi connectivity index (χ3n) is 4.06. The number of methoxy groups -OCH3 is 1. The van der Waals surface area contributed by atoms with E-state index in [0.29, 0.717) is 11.8 Å². The second kappa shape index (κ2) is 7.66. The molecule has 0 bridgehead atoms. The quantitative estimate of drug-likeness (QED) is 0.693. The summed E-state index contributed by atoms with van der Waals surface area (Å²) < 4.78 is 4.69. The molecule has 1 saturated carbocycles. The van der Waals surface area contributed by atoms with Gasteiger partial charge in [0.15, 0.2) is 0 Å². The molecule has 2 aromatic rings. The minimum Gasteiger partial charge on any atom is -0.464 e. The zero-order valence-corrected chi connectivity index (χ0v) is 13.8. The number of benzene rings is 1. The summed E-state index contributed by atoms with van der Waals surface area (Å²) in [6.07, 6.45) is 2.56. The third kappa shape index (κ3) is 4.26. The van der Waals surface area contributed by atoms with Gasteiger partial charge in [0.2, 0.25) is 0 Å². The van der Waals surface area contributed by atoms with Gasteiger partial charge in [0.05, 0.1) is 7.11 Å². The van der Waals surface area contributed by atoms with Crippen LogP contribution in [0.3, 0.4) is 0 Å². The molecule has 1 heterocycles. The van der Waals surface area contributed by atoms with Crippen molar-refractivity contribution in [2.24, 2.45) is 11.8 Å². The molecule has 0 radical (unpaired) electrons. The van der Waals surface area contributed by atoms with Gasteiger partial charge < -0.3 is 9.84 Å². The molecule has 1 aromatic heterocycles. The van der Waals surface area contributed by atoms with Crippen LogP contribution in [-0.2, 0) is 4.74 Å². The molecule has 0 saturated heterocycles. The van der Waals surface area contributed by atoms with E-state index in [4.69, 9.17) is 5.11 Å². The smallest absolute Gasteiger partial charge is 0.356 e. The first-order chi connectivity index (χ1) is 12.2. The molecule has 1 N–H and O–H groups in total. The summed E-state index contributed by atoms with van der Waals surface area (Å²) in [7, 11) is 1.33. The number of nitrogens with zero attached hydrogens (tertiary/aromatic N) is 1. The van der Waals surface area contributed by atoms with Crippen LogP contribution in [0.1, 0.15) is 22.5 Å². The van der Waals surface area contributed by atoms with E-state index in [-0.39, 0.29) is 12.3 Å². The summed E-state index contributed by atoms with van der Waals surface area (Å²) in [4.78, 5) is 15.6. The minimum atomic E-state index is -0.456. The first-order valence-electron chi connectivity index (χ1n) is 7.98. The summed E-state index contributed by atoms with van der Waals surface area (Å²) >= 11 is 0. The number of esters is 1. The summed E-state index contributed by atoms with van der Waals surface area (Å²) in [5.41, 5.74) is 3.00. The Morgan fingerprint density at radius 1 is 1.24 bits per heavy atom. The number of aliphatic hydroxyl groups is 1. The lowest BCUT2D eigenvalue weighted by Gasteiger charge is -2.04. The molecule has 1 aliphatic carbocycles. The van der Waals surface area contributed by atoms with E-state index < -0.39 is 5.97 Å². The Hall–Kier alpha value is -3.08. The molecule has 0 aliphatic heterocycles. The van der Waals surface area contributed by atoms with Gasteiger partial charge in [0.1, 0.15) is 5.69 Å². The molecule has 4 nitrogen and oxygen atoms in total. The van der Waals surface area contributed by atoms with Gasteiger partial charge in [-0.2, -0.15) is 0 Å². The van der Waals surface area contributed by atoms with Gasteiger partial charge in [0.25, 0.3) is 0 Å². The van der Waals surface area contributed by atoms with E-state index in [9.17, 15) is 4.79 Å². The molecular formula is C21H17NO3. The molecular weight excluding hydrogens is 314 g/mol. The van der Waals surface area contributed by atoms with E-state index in [1.165, 1.54) is 7.11 Å². The number of aromatic nitrogens is 1. The lowest BCUT2D eigenvalue weighted by atomic mass is 10.0. The van der Waals surface area contributed by atoms with Crippen LogP contribution in [0.2, 0.25) is 0 Å². The average molecular weight is 331 g/mol. The molecule has 1 unspecified atom stereocenters. The maximum absolute atomic E-state index is 11.6. The maximum Gasteiger partial charge on any atom is 0.356 e. The van der Waals surface area contributed by atoms with Crippen LogP contribution in [0.15, 0.2) is 42.6 Å². The lowest BCUT2D eigenvalue weighted by molar-refractivity contribution is 0.0594. The summed E-state index contributed by atoms with van der Waals surface area (Å²) in [6.45, 7) is 0.209. The van der Waals surface area contributed by atoms with Crippen molar-refractivity contribution in [2.75, 3.05) is 13.7 Å². The Kier molecular flexibility index (Phi) is 5.14. The van der Waals surface area contributed by atoms with Crippen molar-refractivity contribution in [2.45, 2.75) is 6.42 Å². The van der Waals surface area contributed by atoms with Crippen molar-refractivity contribution in [3.05, 3.63) is 53.9 Å². The highest BCUT2D eigenvalue weighted by atomic mass is 16.5. The maximum atomic E-state index is 11.6. The number of rotatable bonds is 3. The zero-order valence-electron chi connectivity index (χ0n) is 13.8. The molecule has 1 aromatic carbocycles. The second-order valence-corrected chi connectivity index (χ2v) is 5.80. The van der Waals surface area contributed by atoms with Crippen LogP contribution in [0.25, 0.3) is 11.1 Å². The fraction of sp³-hybridized carbons (Fsp3) is 0.238. The van der Waals surface area contributed by atoms with E-state index >= 15 is 0 Å². The monoisotopic (exact) mass is 331 g/mol. The van der Waals surface area contributed by atoms with Crippen molar-refractivity contribution in [1.82, 2.24) is 4.98 Å². The molecule has 3 rings (SSSR count). The topological polar surface area (TPSA) is 59.4 Å². The third-order valence-corrected chi connectivity index (χ3v) is 4.06. The largest absolute Gasteiger partial charge is 0.464 e. The van der Waals surface area contributed by atoms with Gasteiger partial charge in [-0.3, -0.25) is 0 Å². The highest BCUT2D eigenvalue weighted by Crippen LogP contribution is 2.36. The Bertz CT molecular complexity index is 894. The van der Waals surface area contributed by atoms with Crippen LogP contribution in [0.5, 0.6) is 0 Å². The minimum absolute atomic E-state index is 0.209. The highest BCUT2D eigenvalue weighted by molar-refractivity contribution is 5.88. The predicted molar refractivity (Wildman–Crippen MR) is 94.3 cm³/mol. The Morgan fingerprint density at radius 2 is 2.04 bits per heavy atom. The van der Waals surface area contributed by atoms with E-state index in [0.717, 1.165) is 23.1 Å². The van der Waals surface area contributed by atoms with Crippen molar-refractivity contribution < 1.29 is 14.6 Å². The summed E-state index contributed by atoms with van der Waals surface area (Å²) in [6, 6.07) is 11.2. The van der Waals surface area contributed by atoms with E-state index in [1.54, 1.807) is 12.3 Å². The van der Waals surface area contributed by atoms with Crippen molar-refractivity contribution in [1.29, 1.82) is 0 Å². The van der Waals surface area contributed by atoms with E-state index in [1.807, 2.05) is 30.3 Å². The number of aliphatic hydroxyl groups excluding tert-OH is 1. The second-order valence-electron chi connectivity index (χ2n) is 5.80. The number of carbonyl (C=O) groups excluding carboxylic acids is 1. The van der Waals surface area contributed by atoms with Crippen LogP contribution in [-0.4, -0.2) is 29.8 Å². The first-order valence-corrected chi connectivity index (χ1v) is 7.98. The number of carbonyl (C=O) groups is 1. The van der Waals surface area contributed by atoms with Crippen molar-refractivity contribution >= 4 is 5.97 Å².